The van der Waals surface area contributed by atoms with Crippen molar-refractivity contribution in [2.75, 3.05) is 23.7 Å². The second-order valence-electron chi connectivity index (χ2n) is 8.83. The Labute approximate surface area is 212 Å². The Morgan fingerprint density at radius 3 is 2.31 bits per heavy atom. The summed E-state index contributed by atoms with van der Waals surface area (Å²) in [7, 11) is -3.99. The smallest absolute Gasteiger partial charge is 0.271 e. The van der Waals surface area contributed by atoms with E-state index in [1.54, 1.807) is 13.8 Å². The molecule has 0 aliphatic carbocycles. The van der Waals surface area contributed by atoms with Crippen LogP contribution in [0.15, 0.2) is 42.5 Å². The van der Waals surface area contributed by atoms with Crippen molar-refractivity contribution in [3.8, 4) is 0 Å². The maximum atomic E-state index is 13.6. The van der Waals surface area contributed by atoms with Gasteiger partial charge in [-0.15, -0.1) is 0 Å². The van der Waals surface area contributed by atoms with E-state index in [0.29, 0.717) is 12.1 Å². The number of anilines is 1. The molecule has 196 valence electrons. The Kier molecular flexibility index (Phi) is 9.97. The molecule has 2 aromatic rings. The third-order valence-electron chi connectivity index (χ3n) is 5.82. The van der Waals surface area contributed by atoms with Crippen LogP contribution in [0.5, 0.6) is 0 Å². The van der Waals surface area contributed by atoms with E-state index >= 15 is 0 Å². The van der Waals surface area contributed by atoms with Crippen LogP contribution in [0.4, 0.5) is 11.4 Å². The van der Waals surface area contributed by atoms with Gasteiger partial charge in [0, 0.05) is 25.2 Å². The number of aryl methyl sites for hydroxylation is 2. The van der Waals surface area contributed by atoms with E-state index in [0.717, 1.165) is 40.6 Å². The quantitative estimate of drug-likeness (QED) is 0.261. The lowest BCUT2D eigenvalue weighted by Gasteiger charge is -2.32. The molecule has 10 nitrogen and oxygen atoms in total. The zero-order valence-corrected chi connectivity index (χ0v) is 22.2. The van der Waals surface area contributed by atoms with E-state index in [2.05, 4.69) is 5.32 Å². The SMILES string of the molecule is CCCCNC(=O)[C@H](C)N(Cc1ccc(C)cc1)C(=O)CN(c1cc([N+](=O)[O-])ccc1C)S(C)(=O)=O. The molecule has 0 saturated heterocycles. The molecule has 0 heterocycles. The van der Waals surface area contributed by atoms with Crippen molar-refractivity contribution >= 4 is 33.2 Å². The van der Waals surface area contributed by atoms with Gasteiger partial charge >= 0.3 is 0 Å². The number of nitrogens with one attached hydrogen (secondary N) is 1. The molecule has 0 fully saturated rings. The van der Waals surface area contributed by atoms with Crippen molar-refractivity contribution in [1.82, 2.24) is 10.2 Å². The number of nitro benzene ring substituents is 1. The second kappa shape index (κ2) is 12.5. The van der Waals surface area contributed by atoms with Crippen LogP contribution < -0.4 is 9.62 Å². The van der Waals surface area contributed by atoms with E-state index in [1.165, 1.54) is 17.0 Å². The number of nitrogens with zero attached hydrogens (tertiary/aromatic N) is 3. The molecule has 0 unspecified atom stereocenters. The van der Waals surface area contributed by atoms with Crippen LogP contribution in [0.1, 0.15) is 43.4 Å². The highest BCUT2D eigenvalue weighted by Gasteiger charge is 2.31. The highest BCUT2D eigenvalue weighted by atomic mass is 32.2. The highest BCUT2D eigenvalue weighted by Crippen LogP contribution is 2.28. The molecule has 1 atom stereocenters. The van der Waals surface area contributed by atoms with Gasteiger partial charge in [0.2, 0.25) is 21.8 Å². The van der Waals surface area contributed by atoms with Crippen molar-refractivity contribution in [2.24, 2.45) is 0 Å². The Morgan fingerprint density at radius 2 is 1.75 bits per heavy atom. The van der Waals surface area contributed by atoms with E-state index in [4.69, 9.17) is 0 Å². The third kappa shape index (κ3) is 7.77. The van der Waals surface area contributed by atoms with Gasteiger partial charge in [0.15, 0.2) is 0 Å². The van der Waals surface area contributed by atoms with Gasteiger partial charge in [-0.25, -0.2) is 8.42 Å². The van der Waals surface area contributed by atoms with Crippen molar-refractivity contribution in [1.29, 1.82) is 0 Å². The molecule has 0 spiro atoms. The minimum Gasteiger partial charge on any atom is -0.354 e. The first kappa shape index (κ1) is 28.8. The third-order valence-corrected chi connectivity index (χ3v) is 6.95. The molecule has 0 aromatic heterocycles. The summed E-state index contributed by atoms with van der Waals surface area (Å²) in [6, 6.07) is 10.4. The molecule has 1 N–H and O–H groups in total. The number of benzene rings is 2. The van der Waals surface area contributed by atoms with Crippen molar-refractivity contribution in [3.63, 3.8) is 0 Å². The number of carbonyl (C=O) groups excluding carboxylic acids is 2. The zero-order chi connectivity index (χ0) is 27.0. The van der Waals surface area contributed by atoms with Gasteiger partial charge in [0.25, 0.3) is 5.69 Å². The van der Waals surface area contributed by atoms with Crippen LogP contribution in [0.2, 0.25) is 0 Å². The number of rotatable bonds is 12. The number of nitro groups is 1. The monoisotopic (exact) mass is 518 g/mol. The number of unbranched alkanes of at least 4 members (excludes halogenated alkanes) is 1. The summed E-state index contributed by atoms with van der Waals surface area (Å²) in [5, 5.41) is 14.1. The minimum absolute atomic E-state index is 0.0374. The highest BCUT2D eigenvalue weighted by molar-refractivity contribution is 7.92. The summed E-state index contributed by atoms with van der Waals surface area (Å²) in [5.74, 6) is -0.952. The van der Waals surface area contributed by atoms with Crippen molar-refractivity contribution in [3.05, 3.63) is 69.3 Å². The predicted octanol–water partition coefficient (Wildman–Crippen LogP) is 3.31. The predicted molar refractivity (Wildman–Crippen MR) is 139 cm³/mol. The number of non-ortho nitro benzene ring substituents is 1. The van der Waals surface area contributed by atoms with Crippen LogP contribution >= 0.6 is 0 Å². The molecule has 36 heavy (non-hydrogen) atoms. The molecule has 2 aromatic carbocycles. The largest absolute Gasteiger partial charge is 0.354 e. The van der Waals surface area contributed by atoms with E-state index < -0.39 is 33.4 Å². The number of hydrogen-bond donors (Lipinski definition) is 1. The molecule has 0 saturated carbocycles. The molecule has 0 radical (unpaired) electrons. The molecule has 11 heteroatoms. The van der Waals surface area contributed by atoms with Crippen LogP contribution in [0, 0.1) is 24.0 Å². The average Bonchev–Trinajstić information content (AvgIpc) is 2.81. The maximum Gasteiger partial charge on any atom is 0.271 e. The van der Waals surface area contributed by atoms with Crippen LogP contribution in [0.3, 0.4) is 0 Å². The maximum absolute atomic E-state index is 13.6. The van der Waals surface area contributed by atoms with E-state index in [9.17, 15) is 28.1 Å². The fourth-order valence-electron chi connectivity index (χ4n) is 3.58. The van der Waals surface area contributed by atoms with Gasteiger partial charge < -0.3 is 10.2 Å². The molecular weight excluding hydrogens is 484 g/mol. The summed E-state index contributed by atoms with van der Waals surface area (Å²) >= 11 is 0. The molecule has 2 rings (SSSR count). The van der Waals surface area contributed by atoms with Gasteiger partial charge in [0.05, 0.1) is 16.9 Å². The normalized spacial score (nSPS) is 12.0. The lowest BCUT2D eigenvalue weighted by Crippen LogP contribution is -2.51. The molecule has 2 amide bonds. The Hall–Kier alpha value is -3.47. The summed E-state index contributed by atoms with van der Waals surface area (Å²) < 4.78 is 26.3. The van der Waals surface area contributed by atoms with E-state index in [-0.39, 0.29) is 23.8 Å². The fourth-order valence-corrected chi connectivity index (χ4v) is 4.48. The van der Waals surface area contributed by atoms with E-state index in [1.807, 2.05) is 38.1 Å². The minimum atomic E-state index is -3.99. The Balaban J connectivity index is 2.43. The zero-order valence-electron chi connectivity index (χ0n) is 21.4. The average molecular weight is 519 g/mol. The molecular formula is C25H34N4O6S. The first-order valence-corrected chi connectivity index (χ1v) is 13.6. The van der Waals surface area contributed by atoms with Gasteiger partial charge in [0.1, 0.15) is 12.6 Å². The number of amides is 2. The van der Waals surface area contributed by atoms with Gasteiger partial charge in [-0.2, -0.15) is 0 Å². The lowest BCUT2D eigenvalue weighted by molar-refractivity contribution is -0.384. The first-order chi connectivity index (χ1) is 16.8. The topological polar surface area (TPSA) is 130 Å². The molecule has 0 aliphatic heterocycles. The van der Waals surface area contributed by atoms with Gasteiger partial charge in [-0.05, 0) is 38.3 Å². The standard InChI is InChI=1S/C25H34N4O6S/c1-6-7-14-26-25(31)20(4)27(16-21-11-8-18(2)9-12-21)24(30)17-28(36(5,34)35)23-15-22(29(32)33)13-10-19(23)3/h8-13,15,20H,6-7,14,16-17H2,1-5H3,(H,26,31)/t20-/m0/s1. The van der Waals surface area contributed by atoms with Gasteiger partial charge in [-0.3, -0.25) is 24.0 Å². The number of carbonyl (C=O) groups is 2. The summed E-state index contributed by atoms with van der Waals surface area (Å²) in [5.41, 5.74) is 2.01. The van der Waals surface area contributed by atoms with Crippen LogP contribution in [0.25, 0.3) is 0 Å². The first-order valence-electron chi connectivity index (χ1n) is 11.7. The lowest BCUT2D eigenvalue weighted by atomic mass is 10.1. The van der Waals surface area contributed by atoms with Crippen LogP contribution in [-0.2, 0) is 26.2 Å². The number of sulfonamides is 1. The summed E-state index contributed by atoms with van der Waals surface area (Å²) in [6.45, 7) is 7.08. The Morgan fingerprint density at radius 1 is 1.11 bits per heavy atom. The summed E-state index contributed by atoms with van der Waals surface area (Å²) in [6.07, 6.45) is 2.62. The fraction of sp³-hybridized carbons (Fsp3) is 0.440. The van der Waals surface area contributed by atoms with Gasteiger partial charge in [-0.1, -0.05) is 49.2 Å². The molecule has 0 aliphatic rings. The number of hydrogen-bond acceptors (Lipinski definition) is 6. The molecule has 0 bridgehead atoms. The second-order valence-corrected chi connectivity index (χ2v) is 10.7. The Bertz CT molecular complexity index is 1200. The van der Waals surface area contributed by atoms with Crippen molar-refractivity contribution < 1.29 is 22.9 Å². The van der Waals surface area contributed by atoms with Crippen LogP contribution in [-0.4, -0.2) is 55.4 Å². The van der Waals surface area contributed by atoms with Crippen molar-refractivity contribution in [2.45, 2.75) is 53.1 Å². The summed E-state index contributed by atoms with van der Waals surface area (Å²) in [4.78, 5) is 38.4.